The molecule has 3 rings (SSSR count). The summed E-state index contributed by atoms with van der Waals surface area (Å²) >= 11 is 0. The van der Waals surface area contributed by atoms with E-state index in [2.05, 4.69) is 29.4 Å². The monoisotopic (exact) mass is 361 g/mol. The summed E-state index contributed by atoms with van der Waals surface area (Å²) in [5, 5.41) is 5.82. The minimum atomic E-state index is -0.122. The lowest BCUT2D eigenvalue weighted by molar-refractivity contribution is 0.139. The van der Waals surface area contributed by atoms with Gasteiger partial charge in [0.1, 0.15) is 0 Å². The van der Waals surface area contributed by atoms with E-state index in [0.717, 1.165) is 48.3 Å². The molecule has 0 aromatic heterocycles. The number of nitrogens with zero attached hydrogens (tertiary/aromatic N) is 1. The van der Waals surface area contributed by atoms with E-state index in [0.29, 0.717) is 13.1 Å². The molecule has 2 aliphatic rings. The minimum absolute atomic E-state index is 0.122. The van der Waals surface area contributed by atoms with Crippen LogP contribution in [-0.2, 0) is 6.54 Å². The SMILES string of the molecule is CC1CC(C)CN(CCCCNC(=O)NCc2ccc3c(c2)OCO3)C1. The van der Waals surface area contributed by atoms with Gasteiger partial charge in [-0.05, 0) is 55.3 Å². The van der Waals surface area contributed by atoms with Gasteiger partial charge in [-0.25, -0.2) is 4.79 Å². The van der Waals surface area contributed by atoms with Crippen LogP contribution in [0.25, 0.3) is 0 Å². The van der Waals surface area contributed by atoms with Crippen LogP contribution in [0.1, 0.15) is 38.7 Å². The van der Waals surface area contributed by atoms with Gasteiger partial charge in [0.25, 0.3) is 0 Å². The predicted octanol–water partition coefficient (Wildman–Crippen LogP) is 2.97. The maximum Gasteiger partial charge on any atom is 0.315 e. The van der Waals surface area contributed by atoms with E-state index < -0.39 is 0 Å². The van der Waals surface area contributed by atoms with E-state index in [1.165, 1.54) is 19.5 Å². The van der Waals surface area contributed by atoms with E-state index in [4.69, 9.17) is 9.47 Å². The number of nitrogens with one attached hydrogen (secondary N) is 2. The van der Waals surface area contributed by atoms with Gasteiger partial charge in [-0.1, -0.05) is 19.9 Å². The molecule has 0 aliphatic carbocycles. The van der Waals surface area contributed by atoms with Crippen LogP contribution in [-0.4, -0.2) is 43.9 Å². The van der Waals surface area contributed by atoms with Crippen molar-refractivity contribution in [3.05, 3.63) is 23.8 Å². The van der Waals surface area contributed by atoms with Gasteiger partial charge in [-0.2, -0.15) is 0 Å². The van der Waals surface area contributed by atoms with Crippen molar-refractivity contribution in [3.63, 3.8) is 0 Å². The Balaban J connectivity index is 1.26. The highest BCUT2D eigenvalue weighted by Crippen LogP contribution is 2.32. The molecule has 2 aliphatic heterocycles. The molecule has 6 heteroatoms. The molecule has 144 valence electrons. The zero-order chi connectivity index (χ0) is 18.4. The van der Waals surface area contributed by atoms with Crippen LogP contribution in [0.2, 0.25) is 0 Å². The summed E-state index contributed by atoms with van der Waals surface area (Å²) in [7, 11) is 0. The van der Waals surface area contributed by atoms with Gasteiger partial charge in [0.2, 0.25) is 6.79 Å². The van der Waals surface area contributed by atoms with E-state index in [9.17, 15) is 4.79 Å². The number of carbonyl (C=O) groups excluding carboxylic acids is 1. The molecule has 0 saturated carbocycles. The fourth-order valence-electron chi connectivity index (χ4n) is 3.93. The molecule has 26 heavy (non-hydrogen) atoms. The number of ether oxygens (including phenoxy) is 2. The molecule has 2 N–H and O–H groups in total. The quantitative estimate of drug-likeness (QED) is 0.733. The molecule has 1 aromatic rings. The van der Waals surface area contributed by atoms with Gasteiger partial charge in [0.05, 0.1) is 0 Å². The zero-order valence-corrected chi connectivity index (χ0v) is 15.9. The molecule has 0 radical (unpaired) electrons. The standard InChI is InChI=1S/C20H31N3O3/c1-15-9-16(2)13-23(12-15)8-4-3-7-21-20(24)22-11-17-5-6-18-19(10-17)26-14-25-18/h5-6,10,15-16H,3-4,7-9,11-14H2,1-2H3,(H2,21,22,24). The molecular weight excluding hydrogens is 330 g/mol. The molecular formula is C20H31N3O3. The van der Waals surface area contributed by atoms with E-state index in [-0.39, 0.29) is 12.8 Å². The maximum absolute atomic E-state index is 11.9. The number of urea groups is 1. The van der Waals surface area contributed by atoms with Crippen molar-refractivity contribution in [1.82, 2.24) is 15.5 Å². The van der Waals surface area contributed by atoms with Gasteiger partial charge in [0.15, 0.2) is 11.5 Å². The minimum Gasteiger partial charge on any atom is -0.454 e. The van der Waals surface area contributed by atoms with Crippen molar-refractivity contribution in [2.75, 3.05) is 33.0 Å². The Hall–Kier alpha value is -1.95. The van der Waals surface area contributed by atoms with E-state index in [1.54, 1.807) is 0 Å². The topological polar surface area (TPSA) is 62.8 Å². The normalized spacial score (nSPS) is 22.2. The first kappa shape index (κ1) is 18.8. The van der Waals surface area contributed by atoms with E-state index >= 15 is 0 Å². The number of carbonyl (C=O) groups is 1. The van der Waals surface area contributed by atoms with Crippen molar-refractivity contribution in [2.24, 2.45) is 11.8 Å². The number of hydrogen-bond acceptors (Lipinski definition) is 4. The average Bonchev–Trinajstić information content (AvgIpc) is 3.06. The van der Waals surface area contributed by atoms with Gasteiger partial charge < -0.3 is 25.0 Å². The maximum atomic E-state index is 11.9. The van der Waals surface area contributed by atoms with Crippen molar-refractivity contribution in [2.45, 2.75) is 39.7 Å². The van der Waals surface area contributed by atoms with Crippen LogP contribution >= 0.6 is 0 Å². The molecule has 6 nitrogen and oxygen atoms in total. The smallest absolute Gasteiger partial charge is 0.315 e. The Morgan fingerprint density at radius 2 is 1.88 bits per heavy atom. The molecule has 1 fully saturated rings. The van der Waals surface area contributed by atoms with E-state index in [1.807, 2.05) is 18.2 Å². The summed E-state index contributed by atoms with van der Waals surface area (Å²) in [6.45, 7) is 9.71. The number of hydrogen-bond donors (Lipinski definition) is 2. The predicted molar refractivity (Wildman–Crippen MR) is 101 cm³/mol. The fourth-order valence-corrected chi connectivity index (χ4v) is 3.93. The van der Waals surface area contributed by atoms with Gasteiger partial charge in [0, 0.05) is 26.2 Å². The van der Waals surface area contributed by atoms with Crippen LogP contribution in [0.4, 0.5) is 4.79 Å². The number of rotatable bonds is 7. The Bertz CT molecular complexity index is 598. The third-order valence-electron chi connectivity index (χ3n) is 5.02. The second-order valence-corrected chi connectivity index (χ2v) is 7.71. The van der Waals surface area contributed by atoms with Crippen LogP contribution in [0, 0.1) is 11.8 Å². The molecule has 2 heterocycles. The Morgan fingerprint density at radius 3 is 2.69 bits per heavy atom. The molecule has 1 saturated heterocycles. The highest BCUT2D eigenvalue weighted by atomic mass is 16.7. The number of likely N-dealkylation sites (tertiary alicyclic amines) is 1. The summed E-state index contributed by atoms with van der Waals surface area (Å²) < 4.78 is 10.6. The second-order valence-electron chi connectivity index (χ2n) is 7.71. The van der Waals surface area contributed by atoms with Crippen molar-refractivity contribution in [1.29, 1.82) is 0 Å². The molecule has 2 amide bonds. The second kappa shape index (κ2) is 9.12. The number of benzene rings is 1. The Kier molecular flexibility index (Phi) is 6.61. The largest absolute Gasteiger partial charge is 0.454 e. The molecule has 2 atom stereocenters. The summed E-state index contributed by atoms with van der Waals surface area (Å²) in [4.78, 5) is 14.5. The molecule has 0 spiro atoms. The third-order valence-corrected chi connectivity index (χ3v) is 5.02. The lowest BCUT2D eigenvalue weighted by Gasteiger charge is -2.34. The first-order valence-corrected chi connectivity index (χ1v) is 9.72. The summed E-state index contributed by atoms with van der Waals surface area (Å²) in [6.07, 6.45) is 3.49. The zero-order valence-electron chi connectivity index (χ0n) is 15.9. The van der Waals surface area contributed by atoms with Crippen LogP contribution in [0.15, 0.2) is 18.2 Å². The summed E-state index contributed by atoms with van der Waals surface area (Å²) in [5.41, 5.74) is 0.998. The van der Waals surface area contributed by atoms with Gasteiger partial charge >= 0.3 is 6.03 Å². The first-order chi connectivity index (χ1) is 12.6. The molecule has 1 aromatic carbocycles. The number of amides is 2. The number of fused-ring (bicyclic) bond motifs is 1. The number of piperidine rings is 1. The fraction of sp³-hybridized carbons (Fsp3) is 0.650. The lowest BCUT2D eigenvalue weighted by atomic mass is 9.92. The van der Waals surface area contributed by atoms with Crippen molar-refractivity contribution in [3.8, 4) is 11.5 Å². The van der Waals surface area contributed by atoms with Crippen molar-refractivity contribution >= 4 is 6.03 Å². The molecule has 0 bridgehead atoms. The lowest BCUT2D eigenvalue weighted by Crippen LogP contribution is -2.39. The number of unbranched alkanes of at least 4 members (excludes halogenated alkanes) is 1. The average molecular weight is 361 g/mol. The van der Waals surface area contributed by atoms with Crippen LogP contribution < -0.4 is 20.1 Å². The highest BCUT2D eigenvalue weighted by Gasteiger charge is 2.21. The van der Waals surface area contributed by atoms with Gasteiger partial charge in [-0.3, -0.25) is 0 Å². The van der Waals surface area contributed by atoms with Crippen LogP contribution in [0.3, 0.4) is 0 Å². The first-order valence-electron chi connectivity index (χ1n) is 9.72. The van der Waals surface area contributed by atoms with Crippen LogP contribution in [0.5, 0.6) is 11.5 Å². The Labute approximate surface area is 156 Å². The molecule has 2 unspecified atom stereocenters. The van der Waals surface area contributed by atoms with Crippen molar-refractivity contribution < 1.29 is 14.3 Å². The van der Waals surface area contributed by atoms with Gasteiger partial charge in [-0.15, -0.1) is 0 Å². The Morgan fingerprint density at radius 1 is 1.12 bits per heavy atom. The third kappa shape index (κ3) is 5.53. The highest BCUT2D eigenvalue weighted by molar-refractivity contribution is 5.73. The summed E-state index contributed by atoms with van der Waals surface area (Å²) in [6, 6.07) is 5.60. The summed E-state index contributed by atoms with van der Waals surface area (Å²) in [5.74, 6) is 3.11.